The number of ether oxygens (including phenoxy) is 1. The van der Waals surface area contributed by atoms with Crippen molar-refractivity contribution in [3.8, 4) is 5.75 Å². The molecule has 2 amide bonds. The second kappa shape index (κ2) is 11.4. The Kier molecular flexibility index (Phi) is 8.06. The van der Waals surface area contributed by atoms with E-state index in [1.807, 2.05) is 36.4 Å². The topological polar surface area (TPSA) is 71.0 Å². The highest BCUT2D eigenvalue weighted by Crippen LogP contribution is 2.27. The Morgan fingerprint density at radius 3 is 2.43 bits per heavy atom. The first-order valence-electron chi connectivity index (χ1n) is 11.3. The van der Waals surface area contributed by atoms with E-state index in [-0.39, 0.29) is 24.8 Å². The number of rotatable bonds is 8. The van der Waals surface area contributed by atoms with Crippen LogP contribution in [0.5, 0.6) is 5.75 Å². The predicted molar refractivity (Wildman–Crippen MR) is 139 cm³/mol. The summed E-state index contributed by atoms with van der Waals surface area (Å²) in [6, 6.07) is 20.4. The fourth-order valence-corrected chi connectivity index (χ4v) is 4.29. The maximum Gasteiger partial charge on any atom is 0.245 e. The number of halogens is 2. The van der Waals surface area contributed by atoms with Gasteiger partial charge in [0.25, 0.3) is 0 Å². The molecule has 4 rings (SSSR count). The van der Waals surface area contributed by atoms with Gasteiger partial charge < -0.3 is 9.64 Å². The summed E-state index contributed by atoms with van der Waals surface area (Å²) in [4.78, 5) is 26.6. The number of carbonyl (C=O) groups excluding carboxylic acids is 2. The Balaban J connectivity index is 1.28. The molecule has 0 aromatic heterocycles. The van der Waals surface area contributed by atoms with Gasteiger partial charge in [0.15, 0.2) is 0 Å². The molecule has 3 aromatic rings. The van der Waals surface area contributed by atoms with Gasteiger partial charge in [0.1, 0.15) is 12.4 Å². The number of amides is 2. The van der Waals surface area contributed by atoms with Crippen molar-refractivity contribution in [3.63, 3.8) is 0 Å². The van der Waals surface area contributed by atoms with Crippen LogP contribution >= 0.6 is 23.2 Å². The Bertz CT molecular complexity index is 1210. The molecule has 180 valence electrons. The number of hydrazone groups is 1. The molecule has 8 heteroatoms. The van der Waals surface area contributed by atoms with Crippen LogP contribution in [-0.2, 0) is 22.6 Å². The lowest BCUT2D eigenvalue weighted by Crippen LogP contribution is -2.30. The average molecular weight is 510 g/mol. The van der Waals surface area contributed by atoms with Gasteiger partial charge in [-0.25, -0.2) is 5.43 Å². The van der Waals surface area contributed by atoms with Crippen LogP contribution in [0.1, 0.15) is 30.0 Å². The second-order valence-electron chi connectivity index (χ2n) is 8.22. The second-order valence-corrected chi connectivity index (χ2v) is 9.03. The van der Waals surface area contributed by atoms with Gasteiger partial charge >= 0.3 is 0 Å². The summed E-state index contributed by atoms with van der Waals surface area (Å²) in [6.07, 6.45) is 2.65. The average Bonchev–Trinajstić information content (AvgIpc) is 3.26. The van der Waals surface area contributed by atoms with Gasteiger partial charge in [-0.2, -0.15) is 5.10 Å². The van der Waals surface area contributed by atoms with Crippen LogP contribution in [0.25, 0.3) is 0 Å². The standard InChI is InChI=1S/C27H25Cl2N3O3/c1-2-18-6-10-21(11-7-18)32-16-20(14-26(32)33)27(34)31-30-15-19-8-12-22(13-9-19)35-17-23-24(28)4-3-5-25(23)29/h3-13,15,20H,2,14,16-17H2,1H3,(H,31,34)/b30-15+/t20-/m0/s1. The number of carbonyl (C=O) groups is 2. The molecule has 1 atom stereocenters. The molecule has 1 saturated heterocycles. The summed E-state index contributed by atoms with van der Waals surface area (Å²) in [7, 11) is 0. The van der Waals surface area contributed by atoms with E-state index in [1.165, 1.54) is 5.56 Å². The molecule has 1 aliphatic heterocycles. The summed E-state index contributed by atoms with van der Waals surface area (Å²) >= 11 is 12.3. The highest BCUT2D eigenvalue weighted by Gasteiger charge is 2.35. The smallest absolute Gasteiger partial charge is 0.245 e. The minimum Gasteiger partial charge on any atom is -0.489 e. The van der Waals surface area contributed by atoms with Crippen molar-refractivity contribution in [2.24, 2.45) is 11.0 Å². The van der Waals surface area contributed by atoms with Gasteiger partial charge in [-0.1, -0.05) is 48.3 Å². The van der Waals surface area contributed by atoms with Crippen molar-refractivity contribution in [2.45, 2.75) is 26.4 Å². The molecule has 0 bridgehead atoms. The van der Waals surface area contributed by atoms with E-state index in [2.05, 4.69) is 17.5 Å². The zero-order valence-electron chi connectivity index (χ0n) is 19.2. The number of anilines is 1. The molecule has 0 radical (unpaired) electrons. The normalized spacial score (nSPS) is 15.6. The Morgan fingerprint density at radius 1 is 1.09 bits per heavy atom. The van der Waals surface area contributed by atoms with Crippen molar-refractivity contribution >= 4 is 46.9 Å². The Labute approximate surface area is 214 Å². The molecule has 3 aromatic carbocycles. The van der Waals surface area contributed by atoms with Crippen LogP contribution in [0.3, 0.4) is 0 Å². The van der Waals surface area contributed by atoms with E-state index in [0.717, 1.165) is 23.2 Å². The molecule has 0 spiro atoms. The van der Waals surface area contributed by atoms with Gasteiger partial charge in [0, 0.05) is 34.3 Å². The van der Waals surface area contributed by atoms with Crippen LogP contribution in [0, 0.1) is 5.92 Å². The third-order valence-corrected chi connectivity index (χ3v) is 6.57. The number of nitrogens with one attached hydrogen (secondary N) is 1. The quantitative estimate of drug-likeness (QED) is 0.315. The van der Waals surface area contributed by atoms with Gasteiger partial charge in [-0.15, -0.1) is 0 Å². The fourth-order valence-electron chi connectivity index (χ4n) is 3.78. The molecular weight excluding hydrogens is 485 g/mol. The minimum absolute atomic E-state index is 0.0629. The van der Waals surface area contributed by atoms with Gasteiger partial charge in [-0.3, -0.25) is 9.59 Å². The molecule has 0 aliphatic carbocycles. The minimum atomic E-state index is -0.446. The molecule has 1 N–H and O–H groups in total. The maximum atomic E-state index is 12.5. The zero-order valence-corrected chi connectivity index (χ0v) is 20.7. The Morgan fingerprint density at radius 2 is 1.77 bits per heavy atom. The van der Waals surface area contributed by atoms with Crippen LogP contribution in [0.15, 0.2) is 71.8 Å². The maximum absolute atomic E-state index is 12.5. The van der Waals surface area contributed by atoms with Crippen molar-refractivity contribution in [1.29, 1.82) is 0 Å². The lowest BCUT2D eigenvalue weighted by Gasteiger charge is -2.16. The first kappa shape index (κ1) is 24.8. The van der Waals surface area contributed by atoms with E-state index in [0.29, 0.717) is 22.3 Å². The van der Waals surface area contributed by atoms with Crippen molar-refractivity contribution in [2.75, 3.05) is 11.4 Å². The first-order chi connectivity index (χ1) is 16.9. The number of hydrogen-bond donors (Lipinski definition) is 1. The van der Waals surface area contributed by atoms with Crippen LogP contribution in [0.4, 0.5) is 5.69 Å². The Hall–Kier alpha value is -3.35. The molecule has 6 nitrogen and oxygen atoms in total. The first-order valence-corrected chi connectivity index (χ1v) is 12.1. The monoisotopic (exact) mass is 509 g/mol. The lowest BCUT2D eigenvalue weighted by molar-refractivity contribution is -0.126. The third-order valence-electron chi connectivity index (χ3n) is 5.87. The largest absolute Gasteiger partial charge is 0.489 e. The SMILES string of the molecule is CCc1ccc(N2C[C@@H](C(=O)N/N=C/c3ccc(OCc4c(Cl)cccc4Cl)cc3)CC2=O)cc1. The summed E-state index contributed by atoms with van der Waals surface area (Å²) in [6.45, 7) is 2.67. The van der Waals surface area contributed by atoms with Crippen molar-refractivity contribution in [3.05, 3.63) is 93.5 Å². The molecule has 0 saturated carbocycles. The highest BCUT2D eigenvalue weighted by molar-refractivity contribution is 6.35. The van der Waals surface area contributed by atoms with Crippen molar-refractivity contribution < 1.29 is 14.3 Å². The summed E-state index contributed by atoms with van der Waals surface area (Å²) < 4.78 is 5.77. The predicted octanol–water partition coefficient (Wildman–Crippen LogP) is 5.64. The van der Waals surface area contributed by atoms with Crippen LogP contribution < -0.4 is 15.1 Å². The summed E-state index contributed by atoms with van der Waals surface area (Å²) in [5.41, 5.74) is 6.07. The van der Waals surface area contributed by atoms with Gasteiger partial charge in [-0.05, 0) is 66.1 Å². The van der Waals surface area contributed by atoms with E-state index in [4.69, 9.17) is 27.9 Å². The van der Waals surface area contributed by atoms with Gasteiger partial charge in [0.2, 0.25) is 11.8 Å². The number of aryl methyl sites for hydroxylation is 1. The molecular formula is C27H25Cl2N3O3. The van der Waals surface area contributed by atoms with E-state index in [1.54, 1.807) is 41.4 Å². The number of hydrogen-bond acceptors (Lipinski definition) is 4. The lowest BCUT2D eigenvalue weighted by atomic mass is 10.1. The molecule has 1 heterocycles. The molecule has 0 unspecified atom stereocenters. The molecule has 35 heavy (non-hydrogen) atoms. The van der Waals surface area contributed by atoms with E-state index >= 15 is 0 Å². The molecule has 1 fully saturated rings. The number of benzene rings is 3. The third kappa shape index (κ3) is 6.21. The summed E-state index contributed by atoms with van der Waals surface area (Å²) in [5, 5.41) is 5.16. The van der Waals surface area contributed by atoms with Gasteiger partial charge in [0.05, 0.1) is 12.1 Å². The van der Waals surface area contributed by atoms with E-state index in [9.17, 15) is 9.59 Å². The van der Waals surface area contributed by atoms with Crippen LogP contribution in [0.2, 0.25) is 10.0 Å². The highest BCUT2D eigenvalue weighted by atomic mass is 35.5. The number of nitrogens with zero attached hydrogens (tertiary/aromatic N) is 2. The van der Waals surface area contributed by atoms with E-state index < -0.39 is 5.92 Å². The summed E-state index contributed by atoms with van der Waals surface area (Å²) in [5.74, 6) is -0.137. The molecule has 1 aliphatic rings. The van der Waals surface area contributed by atoms with Crippen LogP contribution in [-0.4, -0.2) is 24.6 Å². The van der Waals surface area contributed by atoms with Crippen molar-refractivity contribution in [1.82, 2.24) is 5.43 Å². The zero-order chi connectivity index (χ0) is 24.8. The fraction of sp³-hybridized carbons (Fsp3) is 0.222.